The van der Waals surface area contributed by atoms with Gasteiger partial charge in [-0.25, -0.2) is 0 Å². The molecule has 4 nitrogen and oxygen atoms in total. The van der Waals surface area contributed by atoms with E-state index in [-0.39, 0.29) is 18.6 Å². The molecule has 0 aromatic rings. The lowest BCUT2D eigenvalue weighted by Crippen LogP contribution is -2.36. The van der Waals surface area contributed by atoms with Crippen molar-refractivity contribution in [1.82, 2.24) is 9.80 Å². The molecule has 1 aliphatic rings. The normalized spacial score (nSPS) is 19.6. The van der Waals surface area contributed by atoms with Gasteiger partial charge in [-0.1, -0.05) is 0 Å². The number of likely N-dealkylation sites (N-methyl/N-ethyl adjacent to an activating group) is 1. The lowest BCUT2D eigenvalue weighted by Gasteiger charge is -2.28. The Kier molecular flexibility index (Phi) is 4.35. The standard InChI is InChI=1S/C10H20N2O2/c1-11(2)10(13)8-14-9-4-6-12(3)7-5-9/h9H,4-8H2,1-3H3. The van der Waals surface area contributed by atoms with Crippen LogP contribution in [0.25, 0.3) is 0 Å². The molecule has 82 valence electrons. The molecule has 1 heterocycles. The molecular formula is C10H20N2O2. The Balaban J connectivity index is 2.16. The Labute approximate surface area is 85.8 Å². The lowest BCUT2D eigenvalue weighted by molar-refractivity contribution is -0.136. The molecule has 0 spiro atoms. The number of amides is 1. The van der Waals surface area contributed by atoms with Gasteiger partial charge in [0.2, 0.25) is 5.91 Å². The summed E-state index contributed by atoms with van der Waals surface area (Å²) >= 11 is 0. The van der Waals surface area contributed by atoms with Gasteiger partial charge in [0, 0.05) is 27.2 Å². The number of rotatable bonds is 3. The summed E-state index contributed by atoms with van der Waals surface area (Å²) < 4.78 is 5.54. The Morgan fingerprint density at radius 3 is 2.50 bits per heavy atom. The molecule has 1 rings (SSSR count). The second-order valence-corrected chi connectivity index (χ2v) is 4.10. The minimum atomic E-state index is 0.0453. The molecule has 0 aromatic carbocycles. The topological polar surface area (TPSA) is 32.8 Å². The second kappa shape index (κ2) is 5.32. The molecule has 1 amide bonds. The van der Waals surface area contributed by atoms with Gasteiger partial charge in [0.1, 0.15) is 6.61 Å². The number of hydrogen-bond acceptors (Lipinski definition) is 3. The summed E-state index contributed by atoms with van der Waals surface area (Å²) in [6.07, 6.45) is 2.35. The van der Waals surface area contributed by atoms with Crippen LogP contribution in [0.15, 0.2) is 0 Å². The molecule has 0 bridgehead atoms. The molecule has 0 saturated carbocycles. The van der Waals surface area contributed by atoms with Crippen LogP contribution >= 0.6 is 0 Å². The van der Waals surface area contributed by atoms with Crippen LogP contribution in [0.2, 0.25) is 0 Å². The minimum Gasteiger partial charge on any atom is -0.368 e. The van der Waals surface area contributed by atoms with Gasteiger partial charge >= 0.3 is 0 Å². The van der Waals surface area contributed by atoms with Crippen LogP contribution in [0.4, 0.5) is 0 Å². The first-order valence-electron chi connectivity index (χ1n) is 5.10. The maximum Gasteiger partial charge on any atom is 0.248 e. The predicted octanol–water partition coefficient (Wildman–Crippen LogP) is 0.185. The number of ether oxygens (including phenoxy) is 1. The van der Waals surface area contributed by atoms with Gasteiger partial charge in [-0.2, -0.15) is 0 Å². The van der Waals surface area contributed by atoms with Crippen molar-refractivity contribution in [2.75, 3.05) is 40.8 Å². The van der Waals surface area contributed by atoms with E-state index in [1.165, 1.54) is 0 Å². The maximum absolute atomic E-state index is 11.2. The van der Waals surface area contributed by atoms with Gasteiger partial charge in [-0.15, -0.1) is 0 Å². The highest BCUT2D eigenvalue weighted by Gasteiger charge is 2.18. The third kappa shape index (κ3) is 3.64. The molecule has 4 heteroatoms. The molecule has 0 aliphatic carbocycles. The van der Waals surface area contributed by atoms with Gasteiger partial charge in [0.05, 0.1) is 6.10 Å². The first-order valence-corrected chi connectivity index (χ1v) is 5.10. The fourth-order valence-electron chi connectivity index (χ4n) is 1.47. The molecular weight excluding hydrogens is 180 g/mol. The van der Waals surface area contributed by atoms with Crippen molar-refractivity contribution in [3.8, 4) is 0 Å². The highest BCUT2D eigenvalue weighted by molar-refractivity contribution is 5.76. The molecule has 0 unspecified atom stereocenters. The van der Waals surface area contributed by atoms with Crippen molar-refractivity contribution in [3.05, 3.63) is 0 Å². The van der Waals surface area contributed by atoms with Crippen LogP contribution in [0, 0.1) is 0 Å². The molecule has 0 radical (unpaired) electrons. The van der Waals surface area contributed by atoms with Crippen LogP contribution in [0.3, 0.4) is 0 Å². The van der Waals surface area contributed by atoms with E-state index in [1.54, 1.807) is 19.0 Å². The van der Waals surface area contributed by atoms with E-state index >= 15 is 0 Å². The predicted molar refractivity (Wildman–Crippen MR) is 55.2 cm³/mol. The third-order valence-electron chi connectivity index (χ3n) is 2.61. The summed E-state index contributed by atoms with van der Waals surface area (Å²) in [6.45, 7) is 2.36. The number of nitrogens with zero attached hydrogens (tertiary/aromatic N) is 2. The van der Waals surface area contributed by atoms with Crippen molar-refractivity contribution in [2.45, 2.75) is 18.9 Å². The molecule has 14 heavy (non-hydrogen) atoms. The largest absolute Gasteiger partial charge is 0.368 e. The average Bonchev–Trinajstić information content (AvgIpc) is 2.16. The van der Waals surface area contributed by atoms with Crippen LogP contribution in [0.5, 0.6) is 0 Å². The average molecular weight is 200 g/mol. The van der Waals surface area contributed by atoms with E-state index in [9.17, 15) is 4.79 Å². The summed E-state index contributed by atoms with van der Waals surface area (Å²) in [5.41, 5.74) is 0. The monoisotopic (exact) mass is 200 g/mol. The van der Waals surface area contributed by atoms with Crippen molar-refractivity contribution in [1.29, 1.82) is 0 Å². The lowest BCUT2D eigenvalue weighted by atomic mass is 10.1. The summed E-state index contributed by atoms with van der Waals surface area (Å²) in [5, 5.41) is 0. The third-order valence-corrected chi connectivity index (χ3v) is 2.61. The van der Waals surface area contributed by atoms with E-state index in [1.807, 2.05) is 0 Å². The fraction of sp³-hybridized carbons (Fsp3) is 0.900. The first-order chi connectivity index (χ1) is 6.59. The van der Waals surface area contributed by atoms with E-state index in [0.29, 0.717) is 0 Å². The van der Waals surface area contributed by atoms with Gasteiger partial charge in [0.25, 0.3) is 0 Å². The Hall–Kier alpha value is -0.610. The first kappa shape index (κ1) is 11.5. The Morgan fingerprint density at radius 1 is 1.43 bits per heavy atom. The zero-order chi connectivity index (χ0) is 10.6. The van der Waals surface area contributed by atoms with Crippen LogP contribution in [0.1, 0.15) is 12.8 Å². The summed E-state index contributed by atoms with van der Waals surface area (Å²) in [6, 6.07) is 0. The summed E-state index contributed by atoms with van der Waals surface area (Å²) in [4.78, 5) is 15.1. The van der Waals surface area contributed by atoms with Crippen molar-refractivity contribution in [2.24, 2.45) is 0 Å². The van der Waals surface area contributed by atoms with Gasteiger partial charge in [-0.3, -0.25) is 4.79 Å². The number of likely N-dealkylation sites (tertiary alicyclic amines) is 1. The van der Waals surface area contributed by atoms with Gasteiger partial charge < -0.3 is 14.5 Å². The van der Waals surface area contributed by atoms with Crippen molar-refractivity contribution < 1.29 is 9.53 Å². The van der Waals surface area contributed by atoms with E-state index in [2.05, 4.69) is 11.9 Å². The number of carbonyl (C=O) groups excluding carboxylic acids is 1. The van der Waals surface area contributed by atoms with E-state index in [0.717, 1.165) is 25.9 Å². The zero-order valence-corrected chi connectivity index (χ0v) is 9.32. The molecule has 0 N–H and O–H groups in total. The molecule has 1 fully saturated rings. The molecule has 1 aliphatic heterocycles. The van der Waals surface area contributed by atoms with E-state index < -0.39 is 0 Å². The second-order valence-electron chi connectivity index (χ2n) is 4.10. The van der Waals surface area contributed by atoms with Gasteiger partial charge in [-0.05, 0) is 19.9 Å². The van der Waals surface area contributed by atoms with Crippen LogP contribution in [-0.2, 0) is 9.53 Å². The molecule has 1 saturated heterocycles. The molecule has 0 aromatic heterocycles. The van der Waals surface area contributed by atoms with Crippen molar-refractivity contribution in [3.63, 3.8) is 0 Å². The van der Waals surface area contributed by atoms with Crippen LogP contribution < -0.4 is 0 Å². The minimum absolute atomic E-state index is 0.0453. The highest BCUT2D eigenvalue weighted by Crippen LogP contribution is 2.11. The van der Waals surface area contributed by atoms with E-state index in [4.69, 9.17) is 4.74 Å². The van der Waals surface area contributed by atoms with Gasteiger partial charge in [0.15, 0.2) is 0 Å². The number of carbonyl (C=O) groups is 1. The highest BCUT2D eigenvalue weighted by atomic mass is 16.5. The number of hydrogen-bond donors (Lipinski definition) is 0. The summed E-state index contributed by atoms with van der Waals surface area (Å²) in [5.74, 6) is 0.0453. The smallest absolute Gasteiger partial charge is 0.248 e. The Bertz CT molecular complexity index is 187. The SMILES string of the molecule is CN1CCC(OCC(=O)N(C)C)CC1. The quantitative estimate of drug-likeness (QED) is 0.652. The van der Waals surface area contributed by atoms with Crippen LogP contribution in [-0.4, -0.2) is 62.7 Å². The fourth-order valence-corrected chi connectivity index (χ4v) is 1.47. The Morgan fingerprint density at radius 2 is 2.00 bits per heavy atom. The maximum atomic E-state index is 11.2. The van der Waals surface area contributed by atoms with Crippen molar-refractivity contribution >= 4 is 5.91 Å². The summed E-state index contributed by atoms with van der Waals surface area (Å²) in [7, 11) is 5.61. The zero-order valence-electron chi connectivity index (χ0n) is 9.32. The number of piperidine rings is 1. The molecule has 0 atom stereocenters.